The smallest absolute Gasteiger partial charge is 0.0537 e. The summed E-state index contributed by atoms with van der Waals surface area (Å²) in [7, 11) is 0. The zero-order valence-electron chi connectivity index (χ0n) is 10.3. The quantitative estimate of drug-likeness (QED) is 0.854. The third-order valence-corrected chi connectivity index (χ3v) is 3.10. The van der Waals surface area contributed by atoms with Crippen LogP contribution in [0, 0.1) is 6.92 Å². The molecule has 3 nitrogen and oxygen atoms in total. The maximum absolute atomic E-state index is 5.63. The summed E-state index contributed by atoms with van der Waals surface area (Å²) in [6.07, 6.45) is 4.08. The topological polar surface area (TPSA) is 43.8 Å². The molecule has 2 rings (SSSR count). The summed E-state index contributed by atoms with van der Waals surface area (Å²) in [5.74, 6) is 0. The molecule has 2 aromatic rings. The molecule has 0 amide bonds. The summed E-state index contributed by atoms with van der Waals surface area (Å²) in [5.41, 5.74) is 9.35. The second kappa shape index (κ2) is 5.64. The molecule has 0 aliphatic rings. The molecule has 1 aromatic carbocycles. The van der Waals surface area contributed by atoms with Gasteiger partial charge in [-0.2, -0.15) is 5.10 Å². The van der Waals surface area contributed by atoms with Crippen molar-refractivity contribution in [3.05, 3.63) is 53.3 Å². The Morgan fingerprint density at radius 2 is 2.00 bits per heavy atom. The molecule has 0 bridgehead atoms. The van der Waals surface area contributed by atoms with Crippen LogP contribution in [-0.4, -0.2) is 9.78 Å². The first-order chi connectivity index (χ1) is 8.31. The van der Waals surface area contributed by atoms with E-state index in [2.05, 4.69) is 42.4 Å². The number of hydrogen-bond acceptors (Lipinski definition) is 2. The molecular weight excluding hydrogens is 210 g/mol. The average Bonchev–Trinajstić information content (AvgIpc) is 2.72. The summed E-state index contributed by atoms with van der Waals surface area (Å²) in [5, 5.41) is 4.35. The standard InChI is InChI=1S/C14H19N3/c1-12-14(10-15)11-16-17(12)9-5-8-13-6-3-2-4-7-13/h2-4,6-7,11H,5,8-10,15H2,1H3. The van der Waals surface area contributed by atoms with E-state index >= 15 is 0 Å². The van der Waals surface area contributed by atoms with E-state index in [4.69, 9.17) is 5.73 Å². The van der Waals surface area contributed by atoms with Crippen LogP contribution < -0.4 is 5.73 Å². The number of nitrogens with two attached hydrogens (primary N) is 1. The highest BCUT2D eigenvalue weighted by Crippen LogP contribution is 2.08. The molecular formula is C14H19N3. The van der Waals surface area contributed by atoms with Gasteiger partial charge in [-0.25, -0.2) is 0 Å². The van der Waals surface area contributed by atoms with Gasteiger partial charge in [0.2, 0.25) is 0 Å². The number of nitrogens with zero attached hydrogens (tertiary/aromatic N) is 2. The van der Waals surface area contributed by atoms with Gasteiger partial charge in [0.1, 0.15) is 0 Å². The summed E-state index contributed by atoms with van der Waals surface area (Å²) in [6, 6.07) is 10.6. The van der Waals surface area contributed by atoms with Crippen LogP contribution >= 0.6 is 0 Å². The monoisotopic (exact) mass is 229 g/mol. The molecule has 0 saturated heterocycles. The van der Waals surface area contributed by atoms with Gasteiger partial charge in [0.25, 0.3) is 0 Å². The van der Waals surface area contributed by atoms with Gasteiger partial charge in [-0.1, -0.05) is 30.3 Å². The largest absolute Gasteiger partial charge is 0.326 e. The molecule has 0 aliphatic heterocycles. The Morgan fingerprint density at radius 1 is 1.24 bits per heavy atom. The lowest BCUT2D eigenvalue weighted by Gasteiger charge is -2.05. The maximum atomic E-state index is 5.63. The molecule has 0 unspecified atom stereocenters. The normalized spacial score (nSPS) is 10.7. The van der Waals surface area contributed by atoms with Crippen molar-refractivity contribution in [2.45, 2.75) is 32.9 Å². The van der Waals surface area contributed by atoms with E-state index in [9.17, 15) is 0 Å². The fourth-order valence-corrected chi connectivity index (χ4v) is 1.99. The lowest BCUT2D eigenvalue weighted by molar-refractivity contribution is 0.564. The number of hydrogen-bond donors (Lipinski definition) is 1. The first kappa shape index (κ1) is 11.9. The number of aryl methyl sites for hydroxylation is 2. The molecule has 1 aromatic heterocycles. The highest BCUT2D eigenvalue weighted by molar-refractivity contribution is 5.16. The third-order valence-electron chi connectivity index (χ3n) is 3.10. The molecule has 3 heteroatoms. The minimum atomic E-state index is 0.574. The highest BCUT2D eigenvalue weighted by Gasteiger charge is 2.03. The van der Waals surface area contributed by atoms with E-state index in [-0.39, 0.29) is 0 Å². The molecule has 0 aliphatic carbocycles. The van der Waals surface area contributed by atoms with Crippen molar-refractivity contribution in [1.29, 1.82) is 0 Å². The van der Waals surface area contributed by atoms with Crippen molar-refractivity contribution >= 4 is 0 Å². The number of rotatable bonds is 5. The van der Waals surface area contributed by atoms with Gasteiger partial charge in [0.05, 0.1) is 6.20 Å². The van der Waals surface area contributed by atoms with Crippen molar-refractivity contribution in [1.82, 2.24) is 9.78 Å². The van der Waals surface area contributed by atoms with Gasteiger partial charge in [-0.3, -0.25) is 4.68 Å². The van der Waals surface area contributed by atoms with Crippen LogP contribution in [-0.2, 0) is 19.5 Å². The summed E-state index contributed by atoms with van der Waals surface area (Å²) in [4.78, 5) is 0. The number of aromatic nitrogens is 2. The molecule has 1 heterocycles. The van der Waals surface area contributed by atoms with Crippen LogP contribution in [0.25, 0.3) is 0 Å². The number of benzene rings is 1. The van der Waals surface area contributed by atoms with Crippen LogP contribution in [0.5, 0.6) is 0 Å². The van der Waals surface area contributed by atoms with Gasteiger partial charge < -0.3 is 5.73 Å². The molecule has 2 N–H and O–H groups in total. The second-order valence-corrected chi connectivity index (χ2v) is 4.27. The first-order valence-electron chi connectivity index (χ1n) is 6.06. The first-order valence-corrected chi connectivity index (χ1v) is 6.06. The van der Waals surface area contributed by atoms with Crippen molar-refractivity contribution in [2.24, 2.45) is 5.73 Å². The zero-order valence-corrected chi connectivity index (χ0v) is 10.3. The molecule has 17 heavy (non-hydrogen) atoms. The van der Waals surface area contributed by atoms with E-state index in [0.29, 0.717) is 6.54 Å². The minimum Gasteiger partial charge on any atom is -0.326 e. The Hall–Kier alpha value is -1.61. The van der Waals surface area contributed by atoms with Crippen molar-refractivity contribution in [2.75, 3.05) is 0 Å². The third kappa shape index (κ3) is 2.94. The summed E-state index contributed by atoms with van der Waals surface area (Å²) < 4.78 is 2.05. The second-order valence-electron chi connectivity index (χ2n) is 4.27. The SMILES string of the molecule is Cc1c(CN)cnn1CCCc1ccccc1. The maximum Gasteiger partial charge on any atom is 0.0537 e. The molecule has 0 spiro atoms. The van der Waals surface area contributed by atoms with E-state index in [0.717, 1.165) is 24.9 Å². The summed E-state index contributed by atoms with van der Waals surface area (Å²) >= 11 is 0. The van der Waals surface area contributed by atoms with E-state index in [1.807, 2.05) is 10.9 Å². The van der Waals surface area contributed by atoms with Crippen LogP contribution in [0.4, 0.5) is 0 Å². The Bertz CT molecular complexity index is 460. The minimum absolute atomic E-state index is 0.574. The van der Waals surface area contributed by atoms with Crippen LogP contribution in [0.15, 0.2) is 36.5 Å². The van der Waals surface area contributed by atoms with E-state index in [1.54, 1.807) is 0 Å². The Kier molecular flexibility index (Phi) is 3.94. The average molecular weight is 229 g/mol. The predicted octanol–water partition coefficient (Wildman–Crippen LogP) is 2.28. The van der Waals surface area contributed by atoms with Gasteiger partial charge in [-0.05, 0) is 25.3 Å². The molecule has 0 fully saturated rings. The highest BCUT2D eigenvalue weighted by atomic mass is 15.3. The Balaban J connectivity index is 1.88. The van der Waals surface area contributed by atoms with Gasteiger partial charge in [0.15, 0.2) is 0 Å². The van der Waals surface area contributed by atoms with Crippen LogP contribution in [0.1, 0.15) is 23.2 Å². The fraction of sp³-hybridized carbons (Fsp3) is 0.357. The van der Waals surface area contributed by atoms with Crippen molar-refractivity contribution in [3.8, 4) is 0 Å². The molecule has 0 radical (unpaired) electrons. The van der Waals surface area contributed by atoms with Gasteiger partial charge in [0, 0.05) is 24.3 Å². The molecule has 90 valence electrons. The molecule has 0 saturated carbocycles. The van der Waals surface area contributed by atoms with Gasteiger partial charge >= 0.3 is 0 Å². The predicted molar refractivity (Wildman–Crippen MR) is 69.6 cm³/mol. The fourth-order valence-electron chi connectivity index (χ4n) is 1.99. The Labute approximate surface area is 102 Å². The molecule has 0 atom stereocenters. The summed E-state index contributed by atoms with van der Waals surface area (Å²) in [6.45, 7) is 3.61. The lowest BCUT2D eigenvalue weighted by atomic mass is 10.1. The lowest BCUT2D eigenvalue weighted by Crippen LogP contribution is -2.05. The Morgan fingerprint density at radius 3 is 2.65 bits per heavy atom. The van der Waals surface area contributed by atoms with E-state index < -0.39 is 0 Å². The van der Waals surface area contributed by atoms with E-state index in [1.165, 1.54) is 11.3 Å². The van der Waals surface area contributed by atoms with Crippen molar-refractivity contribution < 1.29 is 0 Å². The van der Waals surface area contributed by atoms with Crippen LogP contribution in [0.3, 0.4) is 0 Å². The zero-order chi connectivity index (χ0) is 12.1. The van der Waals surface area contributed by atoms with Crippen molar-refractivity contribution in [3.63, 3.8) is 0 Å². The van der Waals surface area contributed by atoms with Gasteiger partial charge in [-0.15, -0.1) is 0 Å². The van der Waals surface area contributed by atoms with Crippen LogP contribution in [0.2, 0.25) is 0 Å².